The summed E-state index contributed by atoms with van der Waals surface area (Å²) in [6.07, 6.45) is 0. The lowest BCUT2D eigenvalue weighted by Crippen LogP contribution is -2.08. The van der Waals surface area contributed by atoms with Crippen LogP contribution in [0.1, 0.15) is 5.56 Å². The molecule has 0 N–H and O–H groups in total. The molecular weight excluding hydrogens is 359 g/mol. The zero-order valence-electron chi connectivity index (χ0n) is 13.6. The van der Waals surface area contributed by atoms with Crippen molar-refractivity contribution in [1.29, 1.82) is 0 Å². The van der Waals surface area contributed by atoms with Crippen molar-refractivity contribution in [3.8, 4) is 17.2 Å². The van der Waals surface area contributed by atoms with Gasteiger partial charge in [0.1, 0.15) is 17.2 Å². The number of aryl methyl sites for hydroxylation is 1. The Morgan fingerprint density at radius 3 is 1.56 bits per heavy atom. The lowest BCUT2D eigenvalue weighted by Gasteiger charge is -2.20. The molecule has 130 valence electrons. The lowest BCUT2D eigenvalue weighted by atomic mass is 10.2. The molecule has 3 aromatic rings. The minimum atomic E-state index is -3.91. The molecule has 0 saturated carbocycles. The largest absolute Gasteiger partial charge is 0.647 e. The summed E-state index contributed by atoms with van der Waals surface area (Å²) in [5, 5.41) is 0. The third-order valence-electron chi connectivity index (χ3n) is 3.22. The van der Waals surface area contributed by atoms with E-state index in [0.717, 1.165) is 5.56 Å². The van der Waals surface area contributed by atoms with Crippen LogP contribution >= 0.6 is 20.2 Å². The first-order valence-electron chi connectivity index (χ1n) is 7.49. The van der Waals surface area contributed by atoms with Crippen LogP contribution in [0.3, 0.4) is 0 Å². The van der Waals surface area contributed by atoms with E-state index in [2.05, 4.69) is 0 Å². The van der Waals surface area contributed by atoms with E-state index in [4.69, 9.17) is 13.6 Å². The van der Waals surface area contributed by atoms with Gasteiger partial charge < -0.3 is 13.6 Å². The predicted octanol–water partition coefficient (Wildman–Crippen LogP) is 6.06. The molecule has 3 rings (SSSR count). The molecule has 0 atom stereocenters. The Kier molecular flexibility index (Phi) is 6.51. The van der Waals surface area contributed by atoms with Gasteiger partial charge in [0.05, 0.1) is 0 Å². The molecule has 0 radical (unpaired) electrons. The van der Waals surface area contributed by atoms with Gasteiger partial charge in [-0.05, 0) is 42.8 Å². The Balaban J connectivity index is 0.00000225. The zero-order chi connectivity index (χ0) is 16.8. The van der Waals surface area contributed by atoms with Gasteiger partial charge >= 0.3 is 7.82 Å². The van der Waals surface area contributed by atoms with E-state index in [1.54, 1.807) is 60.7 Å². The summed E-state index contributed by atoms with van der Waals surface area (Å²) >= 11 is 0. The molecule has 0 aromatic heterocycles. The van der Waals surface area contributed by atoms with Crippen molar-refractivity contribution >= 4 is 20.2 Å². The van der Waals surface area contributed by atoms with Gasteiger partial charge in [0.2, 0.25) is 0 Å². The summed E-state index contributed by atoms with van der Waals surface area (Å²) in [6.45, 7) is 1.87. The van der Waals surface area contributed by atoms with Crippen molar-refractivity contribution in [2.45, 2.75) is 6.92 Å². The average Bonchev–Trinajstić information content (AvgIpc) is 2.58. The minimum Gasteiger partial charge on any atom is -0.386 e. The van der Waals surface area contributed by atoms with Crippen LogP contribution in [0.25, 0.3) is 0 Å². The Hall–Kier alpha value is -2.42. The van der Waals surface area contributed by atoms with E-state index in [-0.39, 0.29) is 12.4 Å². The second kappa shape index (κ2) is 8.61. The molecule has 0 unspecified atom stereocenters. The molecule has 0 bridgehead atoms. The monoisotopic (exact) mass is 376 g/mol. The number of hydrogen-bond donors (Lipinski definition) is 0. The first kappa shape index (κ1) is 18.9. The van der Waals surface area contributed by atoms with Crippen molar-refractivity contribution in [3.63, 3.8) is 0 Å². The fourth-order valence-electron chi connectivity index (χ4n) is 2.06. The van der Waals surface area contributed by atoms with Gasteiger partial charge in [-0.3, -0.25) is 0 Å². The van der Waals surface area contributed by atoms with Gasteiger partial charge in [0.15, 0.2) is 0 Å². The average molecular weight is 377 g/mol. The Morgan fingerprint density at radius 2 is 1.08 bits per heavy atom. The molecule has 3 aromatic carbocycles. The third kappa shape index (κ3) is 5.28. The number of phosphoric ester groups is 1. The highest BCUT2D eigenvalue weighted by Crippen LogP contribution is 2.50. The highest BCUT2D eigenvalue weighted by atomic mass is 35.5. The number of hydrogen-bond acceptors (Lipinski definition) is 4. The lowest BCUT2D eigenvalue weighted by molar-refractivity contribution is 0.298. The van der Waals surface area contributed by atoms with Crippen LogP contribution < -0.4 is 13.6 Å². The first-order chi connectivity index (χ1) is 11.6. The summed E-state index contributed by atoms with van der Waals surface area (Å²) in [7, 11) is -3.91. The predicted molar refractivity (Wildman–Crippen MR) is 101 cm³/mol. The second-order valence-electron chi connectivity index (χ2n) is 5.11. The zero-order valence-corrected chi connectivity index (χ0v) is 15.3. The summed E-state index contributed by atoms with van der Waals surface area (Å²) in [5.74, 6) is 1.27. The molecule has 0 fully saturated rings. The fraction of sp³-hybridized carbons (Fsp3) is 0.0526. The Morgan fingerprint density at radius 1 is 0.640 bits per heavy atom. The molecule has 0 amide bonds. The molecule has 0 spiro atoms. The summed E-state index contributed by atoms with van der Waals surface area (Å²) in [6, 6.07) is 24.9. The first-order valence-corrected chi connectivity index (χ1v) is 8.95. The number of phosphoric acid groups is 1. The molecular formula is C19H18ClO4P. The Labute approximate surface area is 153 Å². The van der Waals surface area contributed by atoms with Gasteiger partial charge in [-0.2, -0.15) is 4.57 Å². The van der Waals surface area contributed by atoms with Crippen molar-refractivity contribution in [2.24, 2.45) is 0 Å². The van der Waals surface area contributed by atoms with Crippen molar-refractivity contribution in [3.05, 3.63) is 90.5 Å². The molecule has 0 aliphatic carbocycles. The summed E-state index contributed by atoms with van der Waals surface area (Å²) in [4.78, 5) is 0. The second-order valence-corrected chi connectivity index (χ2v) is 6.55. The van der Waals surface area contributed by atoms with Crippen LogP contribution in [0.2, 0.25) is 0 Å². The van der Waals surface area contributed by atoms with Crippen LogP contribution in [0.4, 0.5) is 0 Å². The molecule has 6 heteroatoms. The number of rotatable bonds is 6. The van der Waals surface area contributed by atoms with E-state index in [1.165, 1.54) is 0 Å². The van der Waals surface area contributed by atoms with Gasteiger partial charge in [0.25, 0.3) is 0 Å². The van der Waals surface area contributed by atoms with Crippen molar-refractivity contribution in [1.82, 2.24) is 0 Å². The molecule has 4 nitrogen and oxygen atoms in total. The standard InChI is InChI=1S/C19H17O4P.ClH/c1-16-10-8-9-15-19(16)23-24(20,21-17-11-4-2-5-12-17)22-18-13-6-3-7-14-18;/h2-15H,1H3;1H. The fourth-order valence-corrected chi connectivity index (χ4v) is 3.37. The molecule has 0 aliphatic rings. The maximum absolute atomic E-state index is 13.2. The highest BCUT2D eigenvalue weighted by molar-refractivity contribution is 7.49. The van der Waals surface area contributed by atoms with Crippen molar-refractivity contribution in [2.75, 3.05) is 0 Å². The smallest absolute Gasteiger partial charge is 0.386 e. The number of halogens is 1. The molecule has 0 heterocycles. The van der Waals surface area contributed by atoms with Gasteiger partial charge in [-0.1, -0.05) is 54.6 Å². The molecule has 0 saturated heterocycles. The molecule has 0 aliphatic heterocycles. The van der Waals surface area contributed by atoms with Crippen LogP contribution in [0, 0.1) is 6.92 Å². The van der Waals surface area contributed by atoms with E-state index in [0.29, 0.717) is 17.2 Å². The maximum Gasteiger partial charge on any atom is 0.647 e. The van der Waals surface area contributed by atoms with Gasteiger partial charge in [-0.15, -0.1) is 12.4 Å². The highest BCUT2D eigenvalue weighted by Gasteiger charge is 2.33. The third-order valence-corrected chi connectivity index (χ3v) is 4.51. The number of para-hydroxylation sites is 3. The quantitative estimate of drug-likeness (QED) is 0.490. The van der Waals surface area contributed by atoms with E-state index in [1.807, 2.05) is 31.2 Å². The SMILES string of the molecule is Cc1ccccc1OP(=O)(Oc1ccccc1)Oc1ccccc1.Cl. The van der Waals surface area contributed by atoms with Gasteiger partial charge in [0, 0.05) is 0 Å². The topological polar surface area (TPSA) is 44.8 Å². The van der Waals surface area contributed by atoms with E-state index in [9.17, 15) is 4.57 Å². The Bertz CT molecular complexity index is 795. The van der Waals surface area contributed by atoms with Crippen LogP contribution in [-0.2, 0) is 4.57 Å². The number of benzene rings is 3. The van der Waals surface area contributed by atoms with Crippen molar-refractivity contribution < 1.29 is 18.1 Å². The molecule has 25 heavy (non-hydrogen) atoms. The summed E-state index contributed by atoms with van der Waals surface area (Å²) < 4.78 is 30.0. The van der Waals surface area contributed by atoms with Gasteiger partial charge in [-0.25, -0.2) is 0 Å². The minimum absolute atomic E-state index is 0. The normalized spacial score (nSPS) is 10.4. The van der Waals surface area contributed by atoms with Crippen LogP contribution in [0.15, 0.2) is 84.9 Å². The summed E-state index contributed by atoms with van der Waals surface area (Å²) in [5.41, 5.74) is 0.839. The maximum atomic E-state index is 13.2. The van der Waals surface area contributed by atoms with E-state index >= 15 is 0 Å². The van der Waals surface area contributed by atoms with Crippen LogP contribution in [-0.4, -0.2) is 0 Å². The van der Waals surface area contributed by atoms with Crippen LogP contribution in [0.5, 0.6) is 17.2 Å². The van der Waals surface area contributed by atoms with E-state index < -0.39 is 7.82 Å².